The van der Waals surface area contributed by atoms with E-state index in [0.29, 0.717) is 36.6 Å². The molecule has 0 radical (unpaired) electrons. The molecule has 2 aromatic rings. The molecule has 1 spiro atoms. The summed E-state index contributed by atoms with van der Waals surface area (Å²) in [6.45, 7) is 3.95. The Balaban J connectivity index is 1.56. The van der Waals surface area contributed by atoms with Crippen molar-refractivity contribution >= 4 is 28.3 Å². The molecule has 158 valence electrons. The molecule has 2 aliphatic heterocycles. The molecule has 2 atom stereocenters. The maximum Gasteiger partial charge on any atom is 0.134 e. The zero-order chi connectivity index (χ0) is 20.8. The van der Waals surface area contributed by atoms with Gasteiger partial charge in [0.1, 0.15) is 11.6 Å². The maximum atomic E-state index is 13.8. The van der Waals surface area contributed by atoms with E-state index >= 15 is 0 Å². The van der Waals surface area contributed by atoms with E-state index in [9.17, 15) is 18.6 Å². The second-order valence-corrected chi connectivity index (χ2v) is 10.00. The molecule has 2 aliphatic rings. The zero-order valence-corrected chi connectivity index (χ0v) is 17.6. The van der Waals surface area contributed by atoms with E-state index in [4.69, 9.17) is 11.6 Å². The van der Waals surface area contributed by atoms with Crippen molar-refractivity contribution in [3.05, 3.63) is 58.9 Å². The van der Waals surface area contributed by atoms with Gasteiger partial charge in [0.25, 0.3) is 0 Å². The maximum absolute atomic E-state index is 13.8. The topological polar surface area (TPSA) is 79.2 Å². The quantitative estimate of drug-likeness (QED) is 0.557. The lowest BCUT2D eigenvalue weighted by Crippen LogP contribution is -2.57. The Morgan fingerprint density at radius 3 is 2.76 bits per heavy atom. The van der Waals surface area contributed by atoms with Crippen molar-refractivity contribution in [2.24, 2.45) is 0 Å². The zero-order valence-electron chi connectivity index (χ0n) is 16.1. The summed E-state index contributed by atoms with van der Waals surface area (Å²) in [5.41, 5.74) is 0.974. The molecule has 0 amide bonds. The lowest BCUT2D eigenvalue weighted by Gasteiger charge is -2.51. The number of anilines is 1. The third-order valence-electron chi connectivity index (χ3n) is 5.88. The second-order valence-electron chi connectivity index (χ2n) is 7.90. The van der Waals surface area contributed by atoms with Gasteiger partial charge >= 0.3 is 0 Å². The summed E-state index contributed by atoms with van der Waals surface area (Å²) in [5, 5.41) is 9.95. The summed E-state index contributed by atoms with van der Waals surface area (Å²) in [4.78, 5) is 2.31. The number of rotatable bonds is 3. The van der Waals surface area contributed by atoms with Gasteiger partial charge in [-0.3, -0.25) is 18.3 Å². The average molecular weight is 442 g/mol. The molecule has 0 aliphatic carbocycles. The number of benzene rings is 2. The Hall–Kier alpha value is -1.55. The number of aromatic hydroxyl groups is 1. The molecule has 6 nitrogen and oxygen atoms in total. The molecule has 4 rings (SSSR count). The van der Waals surface area contributed by atoms with Crippen molar-refractivity contribution in [1.29, 1.82) is 0 Å². The van der Waals surface area contributed by atoms with Crippen LogP contribution in [-0.4, -0.2) is 43.8 Å². The monoisotopic (exact) mass is 441 g/mol. The first kappa shape index (κ1) is 20.7. The summed E-state index contributed by atoms with van der Waals surface area (Å²) in [6, 6.07) is 11.3. The first-order valence-electron chi connectivity index (χ1n) is 9.50. The van der Waals surface area contributed by atoms with E-state index in [2.05, 4.69) is 16.5 Å². The van der Waals surface area contributed by atoms with Crippen LogP contribution in [0.1, 0.15) is 25.3 Å². The molecule has 2 saturated heterocycles. The molecule has 0 bridgehead atoms. The molecule has 0 saturated carbocycles. The average Bonchev–Trinajstić information content (AvgIpc) is 2.91. The predicted octanol–water partition coefficient (Wildman–Crippen LogP) is 4.60. The van der Waals surface area contributed by atoms with E-state index in [1.54, 1.807) is 28.6 Å². The van der Waals surface area contributed by atoms with Crippen molar-refractivity contribution in [3.63, 3.8) is 0 Å². The van der Waals surface area contributed by atoms with Gasteiger partial charge in [-0.05, 0) is 55.7 Å². The molecule has 4 N–H and O–H groups in total. The Bertz CT molecular complexity index is 918. The lowest BCUT2D eigenvalue weighted by molar-refractivity contribution is 0.106. The third kappa shape index (κ3) is 3.93. The molecule has 2 heterocycles. The van der Waals surface area contributed by atoms with Crippen LogP contribution in [0.25, 0.3) is 0 Å². The van der Waals surface area contributed by atoms with Crippen LogP contribution in [0.5, 0.6) is 5.75 Å². The molecule has 29 heavy (non-hydrogen) atoms. The van der Waals surface area contributed by atoms with Gasteiger partial charge in [0.2, 0.25) is 0 Å². The van der Waals surface area contributed by atoms with Gasteiger partial charge in [-0.15, -0.1) is 0 Å². The van der Waals surface area contributed by atoms with Crippen molar-refractivity contribution in [2.75, 3.05) is 17.4 Å². The number of phenolic OH excluding ortho intramolecular Hbond substituents is 1. The van der Waals surface area contributed by atoms with Crippen molar-refractivity contribution in [1.82, 2.24) is 9.62 Å². The minimum absolute atomic E-state index is 0.0639. The summed E-state index contributed by atoms with van der Waals surface area (Å²) < 4.78 is 39.6. The van der Waals surface area contributed by atoms with Gasteiger partial charge in [0, 0.05) is 25.7 Å². The normalized spacial score (nSPS) is 28.0. The largest absolute Gasteiger partial charge is 0.506 e. The van der Waals surface area contributed by atoms with Crippen LogP contribution in [0.2, 0.25) is 5.02 Å². The smallest absolute Gasteiger partial charge is 0.134 e. The lowest BCUT2D eigenvalue weighted by atomic mass is 9.83. The minimum atomic E-state index is -3.22. The highest BCUT2D eigenvalue weighted by Crippen LogP contribution is 2.55. The van der Waals surface area contributed by atoms with Crippen molar-refractivity contribution < 1.29 is 18.6 Å². The fourth-order valence-electron chi connectivity index (χ4n) is 4.48. The van der Waals surface area contributed by atoms with Crippen LogP contribution in [0.15, 0.2) is 42.5 Å². The van der Waals surface area contributed by atoms with Gasteiger partial charge < -0.3 is 5.11 Å². The molecule has 9 heteroatoms. The first-order valence-corrected chi connectivity index (χ1v) is 11.4. The number of piperidine rings is 1. The fraction of sp³-hybridized carbons (Fsp3) is 0.400. The Morgan fingerprint density at radius 2 is 2.07 bits per heavy atom. The molecule has 2 aromatic carbocycles. The Morgan fingerprint density at radius 1 is 1.28 bits per heavy atom. The van der Waals surface area contributed by atoms with Crippen molar-refractivity contribution in [3.8, 4) is 5.75 Å². The number of nitrogens with zero attached hydrogens (tertiary/aromatic N) is 2. The highest BCUT2D eigenvalue weighted by molar-refractivity contribution is 8.24. The SMILES string of the molecule is C[C@H]1C[C@]2(CCN1Cc1ccc(O)c(Cl)c1)CNS(O)(O)N2c1cccc(F)c1. The van der Waals surface area contributed by atoms with E-state index in [1.165, 1.54) is 12.1 Å². The van der Waals surface area contributed by atoms with E-state index in [-0.39, 0.29) is 11.8 Å². The van der Waals surface area contributed by atoms with Gasteiger partial charge in [-0.25, -0.2) is 4.39 Å². The summed E-state index contributed by atoms with van der Waals surface area (Å²) in [7, 11) is -3.22. The number of hydrogen-bond acceptors (Lipinski definition) is 6. The molecular weight excluding hydrogens is 417 g/mol. The molecule has 2 fully saturated rings. The highest BCUT2D eigenvalue weighted by Gasteiger charge is 2.52. The number of phenols is 1. The standard InChI is InChI=1S/C20H25ClFN3O3S/c1-14-11-20(7-8-24(14)12-15-5-6-19(26)18(21)9-15)13-23-29(27,28)25(20)17-4-2-3-16(22)10-17/h2-6,9-10,14,23,26-28H,7-8,11-13H2,1H3/t14-,20+/m0/s1. The van der Waals surface area contributed by atoms with Crippen LogP contribution in [0.4, 0.5) is 10.1 Å². The summed E-state index contributed by atoms with van der Waals surface area (Å²) in [5.74, 6) is -0.344. The highest BCUT2D eigenvalue weighted by atomic mass is 35.5. The minimum Gasteiger partial charge on any atom is -0.506 e. The number of hydrogen-bond donors (Lipinski definition) is 4. The second kappa shape index (κ2) is 7.61. The van der Waals surface area contributed by atoms with E-state index < -0.39 is 22.3 Å². The Kier molecular flexibility index (Phi) is 5.43. The molecule has 0 aromatic heterocycles. The fourth-order valence-corrected chi connectivity index (χ4v) is 6.45. The summed E-state index contributed by atoms with van der Waals surface area (Å²) >= 11 is 6.03. The van der Waals surface area contributed by atoms with Gasteiger partial charge in [-0.1, -0.05) is 34.7 Å². The van der Waals surface area contributed by atoms with Crippen LogP contribution >= 0.6 is 22.6 Å². The van der Waals surface area contributed by atoms with Crippen molar-refractivity contribution in [2.45, 2.75) is 37.9 Å². The van der Waals surface area contributed by atoms with Gasteiger partial charge in [0.15, 0.2) is 0 Å². The van der Waals surface area contributed by atoms with Crippen LogP contribution in [-0.2, 0) is 6.54 Å². The van der Waals surface area contributed by atoms with Gasteiger partial charge in [0.05, 0.1) is 16.2 Å². The van der Waals surface area contributed by atoms with E-state index in [1.807, 2.05) is 6.07 Å². The van der Waals surface area contributed by atoms with Crippen LogP contribution < -0.4 is 9.03 Å². The first-order chi connectivity index (χ1) is 13.7. The number of nitrogens with one attached hydrogen (secondary N) is 1. The van der Waals surface area contributed by atoms with Gasteiger partial charge in [-0.2, -0.15) is 4.72 Å². The predicted molar refractivity (Wildman–Crippen MR) is 115 cm³/mol. The molecular formula is C20H25ClFN3O3S. The van der Waals surface area contributed by atoms with E-state index in [0.717, 1.165) is 12.1 Å². The molecule has 0 unspecified atom stereocenters. The number of halogens is 2. The summed E-state index contributed by atoms with van der Waals surface area (Å²) in [6.07, 6.45) is 1.39. The third-order valence-corrected chi connectivity index (χ3v) is 7.83. The van der Waals surface area contributed by atoms with Crippen LogP contribution in [0, 0.1) is 5.82 Å². The van der Waals surface area contributed by atoms with Crippen LogP contribution in [0.3, 0.4) is 0 Å². The number of likely N-dealkylation sites (tertiary alicyclic amines) is 1. The Labute approximate surface area is 176 Å².